The summed E-state index contributed by atoms with van der Waals surface area (Å²) in [6, 6.07) is 14.7. The standard InChI is InChI=1S/C20H22ClNO4/c1-14(20(24)22-13-16-5-3-4-6-18(16)21)26-19(23)12-9-15-7-10-17(25-2)11-8-15/h3-8,10-11,14H,9,12-13H2,1-2H3,(H,22,24)/t14-/m0/s1. The highest BCUT2D eigenvalue weighted by molar-refractivity contribution is 6.31. The van der Waals surface area contributed by atoms with E-state index in [0.29, 0.717) is 11.4 Å². The molecule has 0 aromatic heterocycles. The van der Waals surface area contributed by atoms with E-state index in [-0.39, 0.29) is 18.9 Å². The molecule has 138 valence electrons. The van der Waals surface area contributed by atoms with Crippen molar-refractivity contribution in [1.82, 2.24) is 5.32 Å². The summed E-state index contributed by atoms with van der Waals surface area (Å²) in [5, 5.41) is 3.30. The van der Waals surface area contributed by atoms with Crippen LogP contribution in [-0.2, 0) is 27.3 Å². The molecule has 0 radical (unpaired) electrons. The average Bonchev–Trinajstić information content (AvgIpc) is 2.65. The third-order valence-corrected chi connectivity index (χ3v) is 4.23. The molecule has 2 aromatic rings. The average molecular weight is 376 g/mol. The molecule has 1 amide bonds. The molecule has 2 aromatic carbocycles. The van der Waals surface area contributed by atoms with Crippen LogP contribution in [0.4, 0.5) is 0 Å². The van der Waals surface area contributed by atoms with Gasteiger partial charge in [0.05, 0.1) is 7.11 Å². The zero-order valence-corrected chi connectivity index (χ0v) is 15.6. The largest absolute Gasteiger partial charge is 0.497 e. The van der Waals surface area contributed by atoms with Gasteiger partial charge >= 0.3 is 5.97 Å². The van der Waals surface area contributed by atoms with Gasteiger partial charge in [0, 0.05) is 18.0 Å². The van der Waals surface area contributed by atoms with Crippen molar-refractivity contribution in [2.24, 2.45) is 0 Å². The molecule has 0 fully saturated rings. The molecule has 0 bridgehead atoms. The van der Waals surface area contributed by atoms with Gasteiger partial charge in [0.1, 0.15) is 5.75 Å². The summed E-state index contributed by atoms with van der Waals surface area (Å²) < 4.78 is 10.3. The van der Waals surface area contributed by atoms with E-state index in [1.54, 1.807) is 20.1 Å². The first-order chi connectivity index (χ1) is 12.5. The van der Waals surface area contributed by atoms with E-state index in [2.05, 4.69) is 5.32 Å². The van der Waals surface area contributed by atoms with Crippen molar-refractivity contribution in [2.75, 3.05) is 7.11 Å². The number of aryl methyl sites for hydroxylation is 1. The first kappa shape index (κ1) is 19.8. The van der Waals surface area contributed by atoms with Crippen LogP contribution in [0.5, 0.6) is 5.75 Å². The Hall–Kier alpha value is -2.53. The fourth-order valence-corrected chi connectivity index (χ4v) is 2.52. The smallest absolute Gasteiger partial charge is 0.306 e. The topological polar surface area (TPSA) is 64.6 Å². The molecular formula is C20H22ClNO4. The number of nitrogens with one attached hydrogen (secondary N) is 1. The fourth-order valence-electron chi connectivity index (χ4n) is 2.32. The molecule has 0 saturated carbocycles. The van der Waals surface area contributed by atoms with Crippen molar-refractivity contribution in [3.05, 3.63) is 64.7 Å². The number of ether oxygens (including phenoxy) is 2. The molecule has 1 atom stereocenters. The first-order valence-electron chi connectivity index (χ1n) is 8.33. The van der Waals surface area contributed by atoms with Crippen LogP contribution in [0, 0.1) is 0 Å². The number of hydrogen-bond acceptors (Lipinski definition) is 4. The number of esters is 1. The van der Waals surface area contributed by atoms with E-state index in [9.17, 15) is 9.59 Å². The summed E-state index contributed by atoms with van der Waals surface area (Å²) in [4.78, 5) is 24.0. The number of carbonyl (C=O) groups excluding carboxylic acids is 2. The van der Waals surface area contributed by atoms with E-state index in [1.807, 2.05) is 42.5 Å². The summed E-state index contributed by atoms with van der Waals surface area (Å²) in [6.45, 7) is 1.83. The minimum Gasteiger partial charge on any atom is -0.497 e. The lowest BCUT2D eigenvalue weighted by atomic mass is 10.1. The van der Waals surface area contributed by atoms with Crippen LogP contribution in [0.15, 0.2) is 48.5 Å². The number of carbonyl (C=O) groups is 2. The number of halogens is 1. The van der Waals surface area contributed by atoms with Gasteiger partial charge in [-0.1, -0.05) is 41.9 Å². The van der Waals surface area contributed by atoms with E-state index in [0.717, 1.165) is 16.9 Å². The van der Waals surface area contributed by atoms with Crippen molar-refractivity contribution in [3.8, 4) is 5.75 Å². The fraction of sp³-hybridized carbons (Fsp3) is 0.300. The summed E-state index contributed by atoms with van der Waals surface area (Å²) in [6.07, 6.45) is -0.119. The normalized spacial score (nSPS) is 11.5. The minimum atomic E-state index is -0.860. The first-order valence-corrected chi connectivity index (χ1v) is 8.71. The number of hydrogen-bond donors (Lipinski definition) is 1. The van der Waals surface area contributed by atoms with Gasteiger partial charge in [-0.25, -0.2) is 0 Å². The molecule has 1 N–H and O–H groups in total. The molecule has 0 aliphatic carbocycles. The van der Waals surface area contributed by atoms with Crippen molar-refractivity contribution < 1.29 is 19.1 Å². The van der Waals surface area contributed by atoms with Crippen LogP contribution in [-0.4, -0.2) is 25.1 Å². The highest BCUT2D eigenvalue weighted by Crippen LogP contribution is 2.15. The maximum Gasteiger partial charge on any atom is 0.306 e. The molecular weight excluding hydrogens is 354 g/mol. The lowest BCUT2D eigenvalue weighted by Gasteiger charge is -2.14. The van der Waals surface area contributed by atoms with Crippen LogP contribution >= 0.6 is 11.6 Å². The number of benzene rings is 2. The van der Waals surface area contributed by atoms with Gasteiger partial charge in [-0.3, -0.25) is 9.59 Å². The van der Waals surface area contributed by atoms with Crippen LogP contribution in [0.1, 0.15) is 24.5 Å². The minimum absolute atomic E-state index is 0.203. The maximum atomic E-state index is 12.1. The Morgan fingerprint density at radius 2 is 1.81 bits per heavy atom. The van der Waals surface area contributed by atoms with Gasteiger partial charge < -0.3 is 14.8 Å². The van der Waals surface area contributed by atoms with Gasteiger partial charge in [0.25, 0.3) is 5.91 Å². The van der Waals surface area contributed by atoms with Crippen molar-refractivity contribution in [1.29, 1.82) is 0 Å². The van der Waals surface area contributed by atoms with Crippen LogP contribution in [0.2, 0.25) is 5.02 Å². The van der Waals surface area contributed by atoms with Crippen molar-refractivity contribution in [3.63, 3.8) is 0 Å². The molecule has 0 aliphatic rings. The molecule has 0 unspecified atom stereocenters. The van der Waals surface area contributed by atoms with E-state index >= 15 is 0 Å². The highest BCUT2D eigenvalue weighted by atomic mass is 35.5. The quantitative estimate of drug-likeness (QED) is 0.717. The third kappa shape index (κ3) is 6.08. The second-order valence-corrected chi connectivity index (χ2v) is 6.20. The Morgan fingerprint density at radius 3 is 2.46 bits per heavy atom. The molecule has 2 rings (SSSR count). The summed E-state index contributed by atoms with van der Waals surface area (Å²) >= 11 is 6.05. The van der Waals surface area contributed by atoms with Gasteiger partial charge in [0.15, 0.2) is 6.10 Å². The molecule has 0 saturated heterocycles. The predicted octanol–water partition coefficient (Wildman–Crippen LogP) is 3.53. The molecule has 0 aliphatic heterocycles. The zero-order chi connectivity index (χ0) is 18.9. The summed E-state index contributed by atoms with van der Waals surface area (Å²) in [5.41, 5.74) is 1.80. The predicted molar refractivity (Wildman–Crippen MR) is 100 cm³/mol. The van der Waals surface area contributed by atoms with E-state index in [4.69, 9.17) is 21.1 Å². The Balaban J connectivity index is 1.74. The number of rotatable bonds is 8. The Kier molecular flexibility index (Phi) is 7.48. The van der Waals surface area contributed by atoms with E-state index in [1.165, 1.54) is 0 Å². The summed E-state index contributed by atoms with van der Waals surface area (Å²) in [7, 11) is 1.60. The van der Waals surface area contributed by atoms with Crippen molar-refractivity contribution in [2.45, 2.75) is 32.4 Å². The zero-order valence-electron chi connectivity index (χ0n) is 14.8. The third-order valence-electron chi connectivity index (χ3n) is 3.87. The Bertz CT molecular complexity index is 746. The van der Waals surface area contributed by atoms with Gasteiger partial charge in [-0.15, -0.1) is 0 Å². The molecule has 0 heterocycles. The Labute approximate surface area is 158 Å². The van der Waals surface area contributed by atoms with Gasteiger partial charge in [-0.05, 0) is 42.7 Å². The lowest BCUT2D eigenvalue weighted by Crippen LogP contribution is -2.35. The van der Waals surface area contributed by atoms with Gasteiger partial charge in [-0.2, -0.15) is 0 Å². The number of methoxy groups -OCH3 is 1. The van der Waals surface area contributed by atoms with Gasteiger partial charge in [0.2, 0.25) is 0 Å². The van der Waals surface area contributed by atoms with Crippen LogP contribution < -0.4 is 10.1 Å². The van der Waals surface area contributed by atoms with Crippen LogP contribution in [0.25, 0.3) is 0 Å². The second-order valence-electron chi connectivity index (χ2n) is 5.79. The highest BCUT2D eigenvalue weighted by Gasteiger charge is 2.17. The summed E-state index contributed by atoms with van der Waals surface area (Å²) in [5.74, 6) is -0.0101. The molecule has 5 nitrogen and oxygen atoms in total. The molecule has 6 heteroatoms. The Morgan fingerprint density at radius 1 is 1.12 bits per heavy atom. The van der Waals surface area contributed by atoms with E-state index < -0.39 is 12.1 Å². The monoisotopic (exact) mass is 375 g/mol. The maximum absolute atomic E-state index is 12.1. The van der Waals surface area contributed by atoms with Crippen molar-refractivity contribution >= 4 is 23.5 Å². The second kappa shape index (κ2) is 9.82. The SMILES string of the molecule is COc1ccc(CCC(=O)O[C@@H](C)C(=O)NCc2ccccc2Cl)cc1. The number of amides is 1. The molecule has 0 spiro atoms. The molecule has 26 heavy (non-hydrogen) atoms. The lowest BCUT2D eigenvalue weighted by molar-refractivity contribution is -0.154. The van der Waals surface area contributed by atoms with Crippen LogP contribution in [0.3, 0.4) is 0 Å².